The number of carbonyl (C=O) groups is 1. The molecular formula is C16H22N2O2. The first-order valence-corrected chi connectivity index (χ1v) is 7.50. The lowest BCUT2D eigenvalue weighted by molar-refractivity contribution is -0.122. The zero-order valence-electron chi connectivity index (χ0n) is 11.9. The van der Waals surface area contributed by atoms with Crippen molar-refractivity contribution in [1.29, 1.82) is 0 Å². The van der Waals surface area contributed by atoms with Crippen LogP contribution < -0.4 is 15.4 Å². The molecule has 4 nitrogen and oxygen atoms in total. The number of hydrogen-bond donors (Lipinski definition) is 2. The second-order valence-corrected chi connectivity index (χ2v) is 5.81. The summed E-state index contributed by atoms with van der Waals surface area (Å²) < 4.78 is 5.89. The fraction of sp³-hybridized carbons (Fsp3) is 0.562. The highest BCUT2D eigenvalue weighted by atomic mass is 16.5. The number of benzene rings is 1. The average Bonchev–Trinajstić information content (AvgIpc) is 3.19. The van der Waals surface area contributed by atoms with E-state index in [4.69, 9.17) is 4.74 Å². The lowest BCUT2D eigenvalue weighted by Gasteiger charge is -2.16. The number of nitrogens with one attached hydrogen (secondary N) is 2. The summed E-state index contributed by atoms with van der Waals surface area (Å²) in [7, 11) is 0. The summed E-state index contributed by atoms with van der Waals surface area (Å²) in [5.41, 5.74) is 1.12. The van der Waals surface area contributed by atoms with E-state index in [1.807, 2.05) is 31.2 Å². The summed E-state index contributed by atoms with van der Waals surface area (Å²) in [6.45, 7) is 3.99. The second-order valence-electron chi connectivity index (χ2n) is 5.81. The Morgan fingerprint density at radius 3 is 2.65 bits per heavy atom. The lowest BCUT2D eigenvalue weighted by Crippen LogP contribution is -2.27. The van der Waals surface area contributed by atoms with Gasteiger partial charge in [0.25, 0.3) is 0 Å². The Labute approximate surface area is 119 Å². The normalized spacial score (nSPS) is 23.4. The molecule has 0 spiro atoms. The van der Waals surface area contributed by atoms with Crippen LogP contribution in [0.5, 0.6) is 5.75 Å². The maximum atomic E-state index is 11.7. The molecule has 2 aliphatic rings. The molecule has 0 bridgehead atoms. The van der Waals surface area contributed by atoms with Crippen molar-refractivity contribution in [2.24, 2.45) is 5.92 Å². The van der Waals surface area contributed by atoms with Crippen LogP contribution >= 0.6 is 0 Å². The van der Waals surface area contributed by atoms with Gasteiger partial charge >= 0.3 is 0 Å². The van der Waals surface area contributed by atoms with E-state index in [1.165, 1.54) is 0 Å². The van der Waals surface area contributed by atoms with E-state index in [-0.39, 0.29) is 24.0 Å². The molecular weight excluding hydrogens is 252 g/mol. The van der Waals surface area contributed by atoms with Crippen molar-refractivity contribution in [2.45, 2.75) is 38.3 Å². The van der Waals surface area contributed by atoms with Gasteiger partial charge in [-0.15, -0.1) is 0 Å². The predicted molar refractivity (Wildman–Crippen MR) is 77.6 cm³/mol. The minimum Gasteiger partial charge on any atom is -0.489 e. The van der Waals surface area contributed by atoms with Gasteiger partial charge < -0.3 is 15.4 Å². The van der Waals surface area contributed by atoms with Crippen molar-refractivity contribution >= 4 is 5.91 Å². The molecule has 1 saturated heterocycles. The van der Waals surface area contributed by atoms with E-state index in [0.717, 1.165) is 43.7 Å². The predicted octanol–water partition coefficient (Wildman–Crippen LogP) is 2.01. The molecule has 4 heteroatoms. The summed E-state index contributed by atoms with van der Waals surface area (Å²) in [5, 5.41) is 6.35. The van der Waals surface area contributed by atoms with Gasteiger partial charge in [0.15, 0.2) is 0 Å². The van der Waals surface area contributed by atoms with E-state index in [9.17, 15) is 4.79 Å². The Balaban J connectivity index is 1.55. The van der Waals surface area contributed by atoms with Crippen LogP contribution in [0.1, 0.15) is 37.8 Å². The van der Waals surface area contributed by atoms with E-state index in [1.54, 1.807) is 0 Å². The Morgan fingerprint density at radius 1 is 1.30 bits per heavy atom. The first-order chi connectivity index (χ1) is 9.72. The largest absolute Gasteiger partial charge is 0.489 e. The summed E-state index contributed by atoms with van der Waals surface area (Å²) in [6, 6.07) is 8.12. The van der Waals surface area contributed by atoms with Crippen molar-refractivity contribution in [3.05, 3.63) is 29.8 Å². The monoisotopic (exact) mass is 274 g/mol. The molecule has 0 aromatic heterocycles. The van der Waals surface area contributed by atoms with Gasteiger partial charge in [-0.2, -0.15) is 0 Å². The van der Waals surface area contributed by atoms with Gasteiger partial charge in [0.2, 0.25) is 5.91 Å². The van der Waals surface area contributed by atoms with E-state index < -0.39 is 0 Å². The fourth-order valence-electron chi connectivity index (χ4n) is 2.52. The third-order valence-corrected chi connectivity index (χ3v) is 4.00. The SMILES string of the molecule is CC(NC(=O)C1CC1)c1ccc(OC2CCNC2)cc1. The Kier molecular flexibility index (Phi) is 3.92. The molecule has 1 saturated carbocycles. The van der Waals surface area contributed by atoms with Gasteiger partial charge in [-0.3, -0.25) is 4.79 Å². The minimum atomic E-state index is 0.0605. The topological polar surface area (TPSA) is 50.4 Å². The molecule has 20 heavy (non-hydrogen) atoms. The van der Waals surface area contributed by atoms with Crippen LogP contribution in [0.4, 0.5) is 0 Å². The molecule has 1 aromatic carbocycles. The number of carbonyl (C=O) groups excluding carboxylic acids is 1. The highest BCUT2D eigenvalue weighted by molar-refractivity contribution is 5.81. The van der Waals surface area contributed by atoms with Crippen LogP contribution in [0.3, 0.4) is 0 Å². The number of amides is 1. The Hall–Kier alpha value is -1.55. The Morgan fingerprint density at radius 2 is 2.05 bits per heavy atom. The third kappa shape index (κ3) is 3.31. The highest BCUT2D eigenvalue weighted by Crippen LogP contribution is 2.30. The van der Waals surface area contributed by atoms with Crippen molar-refractivity contribution in [1.82, 2.24) is 10.6 Å². The van der Waals surface area contributed by atoms with E-state index in [2.05, 4.69) is 10.6 Å². The summed E-state index contributed by atoms with van der Waals surface area (Å²) in [4.78, 5) is 11.7. The van der Waals surface area contributed by atoms with Gasteiger partial charge in [-0.05, 0) is 50.4 Å². The lowest BCUT2D eigenvalue weighted by atomic mass is 10.1. The summed E-state index contributed by atoms with van der Waals surface area (Å²) in [6.07, 6.45) is 3.43. The standard InChI is InChI=1S/C16H22N2O2/c1-11(18-16(19)13-2-3-13)12-4-6-14(7-5-12)20-15-8-9-17-10-15/h4-7,11,13,15,17H,2-3,8-10H2,1H3,(H,18,19). The molecule has 108 valence electrons. The quantitative estimate of drug-likeness (QED) is 0.863. The number of hydrogen-bond acceptors (Lipinski definition) is 3. The first-order valence-electron chi connectivity index (χ1n) is 7.50. The Bertz CT molecular complexity index is 462. The molecule has 1 aliphatic carbocycles. The number of rotatable bonds is 5. The number of ether oxygens (including phenoxy) is 1. The summed E-state index contributed by atoms with van der Waals surface area (Å²) >= 11 is 0. The van der Waals surface area contributed by atoms with Crippen molar-refractivity contribution in [3.63, 3.8) is 0 Å². The van der Waals surface area contributed by atoms with E-state index >= 15 is 0 Å². The first kappa shape index (κ1) is 13.4. The van der Waals surface area contributed by atoms with Gasteiger partial charge in [-0.25, -0.2) is 0 Å². The summed E-state index contributed by atoms with van der Waals surface area (Å²) in [5.74, 6) is 1.35. The van der Waals surface area contributed by atoms with Gasteiger partial charge in [0.05, 0.1) is 6.04 Å². The van der Waals surface area contributed by atoms with Gasteiger partial charge in [-0.1, -0.05) is 12.1 Å². The van der Waals surface area contributed by atoms with Crippen LogP contribution in [0.25, 0.3) is 0 Å². The minimum absolute atomic E-state index is 0.0605. The van der Waals surface area contributed by atoms with Crippen LogP contribution in [0, 0.1) is 5.92 Å². The van der Waals surface area contributed by atoms with Crippen molar-refractivity contribution in [3.8, 4) is 5.75 Å². The molecule has 1 heterocycles. The molecule has 2 N–H and O–H groups in total. The highest BCUT2D eigenvalue weighted by Gasteiger charge is 2.30. The van der Waals surface area contributed by atoms with Crippen LogP contribution in [-0.2, 0) is 4.79 Å². The zero-order chi connectivity index (χ0) is 13.9. The molecule has 0 radical (unpaired) electrons. The smallest absolute Gasteiger partial charge is 0.223 e. The molecule has 3 rings (SSSR count). The third-order valence-electron chi connectivity index (χ3n) is 4.00. The molecule has 2 unspecified atom stereocenters. The van der Waals surface area contributed by atoms with Crippen LogP contribution in [0.15, 0.2) is 24.3 Å². The molecule has 2 fully saturated rings. The van der Waals surface area contributed by atoms with Gasteiger partial charge in [0.1, 0.15) is 11.9 Å². The fourth-order valence-corrected chi connectivity index (χ4v) is 2.52. The molecule has 1 aliphatic heterocycles. The van der Waals surface area contributed by atoms with Crippen molar-refractivity contribution in [2.75, 3.05) is 13.1 Å². The molecule has 2 atom stereocenters. The van der Waals surface area contributed by atoms with Crippen LogP contribution in [0.2, 0.25) is 0 Å². The maximum absolute atomic E-state index is 11.7. The molecule has 1 amide bonds. The van der Waals surface area contributed by atoms with Crippen molar-refractivity contribution < 1.29 is 9.53 Å². The average molecular weight is 274 g/mol. The van der Waals surface area contributed by atoms with E-state index in [0.29, 0.717) is 0 Å². The molecule has 1 aromatic rings. The second kappa shape index (κ2) is 5.83. The maximum Gasteiger partial charge on any atom is 0.223 e. The van der Waals surface area contributed by atoms with Gasteiger partial charge in [0, 0.05) is 12.5 Å². The zero-order valence-corrected chi connectivity index (χ0v) is 11.9. The van der Waals surface area contributed by atoms with Crippen LogP contribution in [-0.4, -0.2) is 25.1 Å².